The molecule has 0 bridgehead atoms. The summed E-state index contributed by atoms with van der Waals surface area (Å²) in [6.45, 7) is 2.57. The van der Waals surface area contributed by atoms with Gasteiger partial charge < -0.3 is 14.4 Å². The second-order valence-corrected chi connectivity index (χ2v) is 6.59. The van der Waals surface area contributed by atoms with Crippen LogP contribution in [0.15, 0.2) is 30.6 Å². The minimum absolute atomic E-state index is 0.227. The molecule has 2 aromatic rings. The van der Waals surface area contributed by atoms with Crippen molar-refractivity contribution in [1.29, 1.82) is 5.26 Å². The van der Waals surface area contributed by atoms with Gasteiger partial charge >= 0.3 is 0 Å². The van der Waals surface area contributed by atoms with Crippen LogP contribution in [0.2, 0.25) is 0 Å². The molecule has 1 aromatic heterocycles. The summed E-state index contributed by atoms with van der Waals surface area (Å²) >= 11 is 0. The molecular formula is C19H24N4O2. The zero-order valence-electron chi connectivity index (χ0n) is 14.7. The summed E-state index contributed by atoms with van der Waals surface area (Å²) in [6.07, 6.45) is 4.92. The second kappa shape index (κ2) is 7.68. The summed E-state index contributed by atoms with van der Waals surface area (Å²) < 4.78 is 7.30. The number of benzene rings is 1. The number of methoxy groups -OCH3 is 1. The van der Waals surface area contributed by atoms with Gasteiger partial charge in [-0.3, -0.25) is 4.90 Å². The van der Waals surface area contributed by atoms with Crippen LogP contribution >= 0.6 is 0 Å². The van der Waals surface area contributed by atoms with Gasteiger partial charge in [0.25, 0.3) is 0 Å². The van der Waals surface area contributed by atoms with Crippen LogP contribution in [0, 0.1) is 17.2 Å². The molecule has 132 valence electrons. The number of aliphatic hydroxyl groups excluding tert-OH is 1. The molecule has 1 saturated heterocycles. The fraction of sp³-hybridized carbons (Fsp3) is 0.474. The molecule has 1 aromatic carbocycles. The first kappa shape index (κ1) is 17.5. The van der Waals surface area contributed by atoms with E-state index in [1.807, 2.05) is 29.9 Å². The Labute approximate surface area is 148 Å². The Morgan fingerprint density at radius 2 is 2.16 bits per heavy atom. The average molecular weight is 340 g/mol. The van der Waals surface area contributed by atoms with Crippen LogP contribution in [0.4, 0.5) is 0 Å². The number of ether oxygens (including phenoxy) is 1. The minimum Gasteiger partial charge on any atom is -0.496 e. The van der Waals surface area contributed by atoms with Crippen molar-refractivity contribution in [2.24, 2.45) is 13.0 Å². The van der Waals surface area contributed by atoms with Gasteiger partial charge in [-0.2, -0.15) is 5.26 Å². The molecular weight excluding hydrogens is 316 g/mol. The molecule has 0 saturated carbocycles. The predicted molar refractivity (Wildman–Crippen MR) is 93.9 cm³/mol. The number of piperidine rings is 1. The molecule has 6 heteroatoms. The number of aromatic nitrogens is 2. The van der Waals surface area contributed by atoms with E-state index < -0.39 is 6.10 Å². The van der Waals surface area contributed by atoms with Crippen LogP contribution < -0.4 is 4.74 Å². The van der Waals surface area contributed by atoms with Crippen LogP contribution in [-0.2, 0) is 13.6 Å². The highest BCUT2D eigenvalue weighted by Gasteiger charge is 2.28. The maximum absolute atomic E-state index is 10.6. The molecule has 0 radical (unpaired) electrons. The Kier molecular flexibility index (Phi) is 5.37. The first-order valence-corrected chi connectivity index (χ1v) is 8.57. The number of likely N-dealkylation sites (tertiary alicyclic amines) is 1. The summed E-state index contributed by atoms with van der Waals surface area (Å²) in [5.41, 5.74) is 1.68. The van der Waals surface area contributed by atoms with E-state index in [1.54, 1.807) is 19.4 Å². The fourth-order valence-corrected chi connectivity index (χ4v) is 3.51. The van der Waals surface area contributed by atoms with Crippen molar-refractivity contribution in [3.8, 4) is 11.8 Å². The Morgan fingerprint density at radius 3 is 2.76 bits per heavy atom. The smallest absolute Gasteiger partial charge is 0.137 e. The van der Waals surface area contributed by atoms with Crippen LogP contribution in [-0.4, -0.2) is 39.8 Å². The van der Waals surface area contributed by atoms with Crippen molar-refractivity contribution in [2.45, 2.75) is 25.5 Å². The third kappa shape index (κ3) is 3.84. The SMILES string of the molecule is COc1ccc(C#N)cc1CN1CCC(C(O)c2nccn2C)CC1. The zero-order chi connectivity index (χ0) is 17.8. The second-order valence-electron chi connectivity index (χ2n) is 6.59. The average Bonchev–Trinajstić information content (AvgIpc) is 3.07. The third-order valence-corrected chi connectivity index (χ3v) is 5.01. The van der Waals surface area contributed by atoms with Crippen LogP contribution in [0.1, 0.15) is 35.9 Å². The first-order chi connectivity index (χ1) is 12.1. The molecule has 6 nitrogen and oxygen atoms in total. The van der Waals surface area contributed by atoms with Gasteiger partial charge in [-0.1, -0.05) is 0 Å². The number of hydrogen-bond donors (Lipinski definition) is 1. The van der Waals surface area contributed by atoms with E-state index in [9.17, 15) is 5.11 Å². The van der Waals surface area contributed by atoms with Crippen LogP contribution in [0.5, 0.6) is 5.75 Å². The fourth-order valence-electron chi connectivity index (χ4n) is 3.51. The van der Waals surface area contributed by atoms with E-state index in [4.69, 9.17) is 10.00 Å². The first-order valence-electron chi connectivity index (χ1n) is 8.57. The van der Waals surface area contributed by atoms with Gasteiger partial charge in [0.1, 0.15) is 17.7 Å². The number of aryl methyl sites for hydroxylation is 1. The lowest BCUT2D eigenvalue weighted by atomic mass is 9.90. The number of nitrogens with zero attached hydrogens (tertiary/aromatic N) is 4. The summed E-state index contributed by atoms with van der Waals surface area (Å²) in [4.78, 5) is 6.62. The Hall–Kier alpha value is -2.36. The standard InChI is InChI=1S/C19H24N4O2/c1-22-10-7-21-19(22)18(24)15-5-8-23(9-6-15)13-16-11-14(12-20)3-4-17(16)25-2/h3-4,7,10-11,15,18,24H,5-6,8-9,13H2,1-2H3. The van der Waals surface area contributed by atoms with Crippen molar-refractivity contribution in [1.82, 2.24) is 14.5 Å². The molecule has 1 atom stereocenters. The molecule has 25 heavy (non-hydrogen) atoms. The Bertz CT molecular complexity index is 757. The Balaban J connectivity index is 1.62. The Morgan fingerprint density at radius 1 is 1.40 bits per heavy atom. The van der Waals surface area contributed by atoms with E-state index in [-0.39, 0.29) is 5.92 Å². The summed E-state index contributed by atoms with van der Waals surface area (Å²) in [5.74, 6) is 1.78. The molecule has 1 unspecified atom stereocenters. The number of nitriles is 1. The van der Waals surface area contributed by atoms with E-state index >= 15 is 0 Å². The van der Waals surface area contributed by atoms with Gasteiger partial charge in [0, 0.05) is 31.5 Å². The molecule has 0 aliphatic carbocycles. The lowest BCUT2D eigenvalue weighted by molar-refractivity contribution is 0.0490. The van der Waals surface area contributed by atoms with Gasteiger partial charge in [0.15, 0.2) is 0 Å². The van der Waals surface area contributed by atoms with Gasteiger partial charge in [0.05, 0.1) is 18.7 Å². The zero-order valence-corrected chi connectivity index (χ0v) is 14.7. The largest absolute Gasteiger partial charge is 0.496 e. The lowest BCUT2D eigenvalue weighted by Crippen LogP contribution is -2.35. The summed E-state index contributed by atoms with van der Waals surface area (Å²) in [7, 11) is 3.56. The predicted octanol–water partition coefficient (Wildman–Crippen LogP) is 2.25. The van der Waals surface area contributed by atoms with Crippen molar-refractivity contribution in [3.05, 3.63) is 47.5 Å². The minimum atomic E-state index is -0.515. The topological polar surface area (TPSA) is 74.3 Å². The number of imidazole rings is 1. The molecule has 2 heterocycles. The van der Waals surface area contributed by atoms with Crippen molar-refractivity contribution < 1.29 is 9.84 Å². The van der Waals surface area contributed by atoms with Crippen molar-refractivity contribution in [2.75, 3.05) is 20.2 Å². The lowest BCUT2D eigenvalue weighted by Gasteiger charge is -2.34. The van der Waals surface area contributed by atoms with Gasteiger partial charge in [-0.15, -0.1) is 0 Å². The highest BCUT2D eigenvalue weighted by molar-refractivity contribution is 5.42. The van der Waals surface area contributed by atoms with Crippen molar-refractivity contribution >= 4 is 0 Å². The van der Waals surface area contributed by atoms with E-state index in [0.29, 0.717) is 5.56 Å². The van der Waals surface area contributed by atoms with Gasteiger partial charge in [-0.05, 0) is 50.0 Å². The van der Waals surface area contributed by atoms with E-state index in [2.05, 4.69) is 16.0 Å². The number of rotatable bonds is 5. The third-order valence-electron chi connectivity index (χ3n) is 5.01. The van der Waals surface area contributed by atoms with E-state index in [0.717, 1.165) is 49.6 Å². The monoisotopic (exact) mass is 340 g/mol. The van der Waals surface area contributed by atoms with Gasteiger partial charge in [0.2, 0.25) is 0 Å². The molecule has 0 amide bonds. The van der Waals surface area contributed by atoms with Crippen LogP contribution in [0.3, 0.4) is 0 Å². The maximum Gasteiger partial charge on any atom is 0.137 e. The molecule has 1 aliphatic rings. The van der Waals surface area contributed by atoms with E-state index in [1.165, 1.54) is 0 Å². The van der Waals surface area contributed by atoms with Crippen molar-refractivity contribution in [3.63, 3.8) is 0 Å². The normalized spacial score (nSPS) is 17.2. The summed E-state index contributed by atoms with van der Waals surface area (Å²) in [6, 6.07) is 7.71. The number of aliphatic hydroxyl groups is 1. The molecule has 3 rings (SSSR count). The number of hydrogen-bond acceptors (Lipinski definition) is 5. The van der Waals surface area contributed by atoms with Gasteiger partial charge in [-0.25, -0.2) is 4.98 Å². The molecule has 1 fully saturated rings. The quantitative estimate of drug-likeness (QED) is 0.903. The maximum atomic E-state index is 10.6. The summed E-state index contributed by atoms with van der Waals surface area (Å²) in [5, 5.41) is 19.7. The molecule has 0 spiro atoms. The molecule has 1 N–H and O–H groups in total. The highest BCUT2D eigenvalue weighted by Crippen LogP contribution is 2.31. The molecule has 1 aliphatic heterocycles. The highest BCUT2D eigenvalue weighted by atomic mass is 16.5. The van der Waals surface area contributed by atoms with Crippen LogP contribution in [0.25, 0.3) is 0 Å².